The van der Waals surface area contributed by atoms with E-state index < -0.39 is 23.3 Å². The van der Waals surface area contributed by atoms with Crippen LogP contribution in [-0.2, 0) is 13.2 Å². The maximum atomic E-state index is 13.4. The van der Waals surface area contributed by atoms with Crippen molar-refractivity contribution in [1.82, 2.24) is 20.4 Å². The lowest BCUT2D eigenvalue weighted by Crippen LogP contribution is -2.23. The molecular weight excluding hydrogens is 322 g/mol. The molecule has 24 heavy (non-hydrogen) atoms. The maximum absolute atomic E-state index is 13.4. The molecule has 2 aromatic heterocycles. The van der Waals surface area contributed by atoms with Crippen molar-refractivity contribution in [3.63, 3.8) is 0 Å². The number of benzene rings is 1. The number of halogens is 2. The van der Waals surface area contributed by atoms with E-state index in [1.54, 1.807) is 12.4 Å². The lowest BCUT2D eigenvalue weighted by atomic mass is 10.3. The Morgan fingerprint density at radius 1 is 1.33 bits per heavy atom. The average molecular weight is 334 g/mol. The van der Waals surface area contributed by atoms with Gasteiger partial charge in [-0.3, -0.25) is 4.79 Å². The fourth-order valence-corrected chi connectivity index (χ4v) is 1.90. The number of nitrogens with one attached hydrogen (secondary N) is 2. The van der Waals surface area contributed by atoms with E-state index in [0.29, 0.717) is 5.82 Å². The van der Waals surface area contributed by atoms with Gasteiger partial charge in [-0.2, -0.15) is 0 Å². The van der Waals surface area contributed by atoms with Crippen molar-refractivity contribution in [3.05, 3.63) is 65.6 Å². The summed E-state index contributed by atoms with van der Waals surface area (Å²) in [4.78, 5) is 18.7. The molecule has 0 saturated carbocycles. The van der Waals surface area contributed by atoms with Gasteiger partial charge in [-0.05, 0) is 12.1 Å². The van der Waals surface area contributed by atoms with Gasteiger partial charge in [0.05, 0.1) is 6.54 Å². The minimum absolute atomic E-state index is 0.0224. The van der Waals surface area contributed by atoms with Gasteiger partial charge in [0.15, 0.2) is 28.8 Å². The van der Waals surface area contributed by atoms with Crippen LogP contribution in [0.3, 0.4) is 0 Å². The number of nitrogens with zero attached hydrogens (tertiary/aromatic N) is 2. The van der Waals surface area contributed by atoms with Crippen molar-refractivity contribution in [2.45, 2.75) is 13.2 Å². The summed E-state index contributed by atoms with van der Waals surface area (Å²) in [5, 5.41) is 6.18. The van der Waals surface area contributed by atoms with Crippen LogP contribution in [-0.4, -0.2) is 21.0 Å². The van der Waals surface area contributed by atoms with Crippen molar-refractivity contribution in [2.24, 2.45) is 0 Å². The first-order valence-corrected chi connectivity index (χ1v) is 6.92. The normalized spacial score (nSPS) is 10.6. The van der Waals surface area contributed by atoms with Crippen LogP contribution in [0, 0.1) is 11.6 Å². The molecular formula is C15H12F2N4O3. The first-order valence-electron chi connectivity index (χ1n) is 6.92. The van der Waals surface area contributed by atoms with Gasteiger partial charge in [0.1, 0.15) is 12.4 Å². The van der Waals surface area contributed by atoms with Gasteiger partial charge in [0.25, 0.3) is 5.91 Å². The number of aromatic amines is 1. The van der Waals surface area contributed by atoms with Gasteiger partial charge in [0.2, 0.25) is 0 Å². The van der Waals surface area contributed by atoms with Crippen molar-refractivity contribution in [2.75, 3.05) is 0 Å². The topological polar surface area (TPSA) is 93.0 Å². The third-order valence-corrected chi connectivity index (χ3v) is 3.04. The van der Waals surface area contributed by atoms with Crippen LogP contribution in [0.5, 0.6) is 5.75 Å². The zero-order chi connectivity index (χ0) is 16.9. The molecule has 0 aliphatic heterocycles. The van der Waals surface area contributed by atoms with E-state index in [1.807, 2.05) is 0 Å². The van der Waals surface area contributed by atoms with Crippen molar-refractivity contribution in [3.8, 4) is 5.75 Å². The molecule has 3 aromatic rings. The summed E-state index contributed by atoms with van der Waals surface area (Å²) in [5.41, 5.74) is 0.0224. The molecule has 1 amide bonds. The molecule has 3 rings (SSSR count). The van der Waals surface area contributed by atoms with Crippen LogP contribution in [0.25, 0.3) is 0 Å². The maximum Gasteiger partial charge on any atom is 0.273 e. The molecule has 7 nitrogen and oxygen atoms in total. The number of rotatable bonds is 6. The van der Waals surface area contributed by atoms with Gasteiger partial charge in [-0.1, -0.05) is 11.2 Å². The van der Waals surface area contributed by atoms with E-state index >= 15 is 0 Å². The predicted octanol–water partition coefficient (Wildman–Crippen LogP) is 2.18. The lowest BCUT2D eigenvalue weighted by Gasteiger charge is -2.05. The summed E-state index contributed by atoms with van der Waals surface area (Å²) in [6.07, 6.45) is 3.20. The summed E-state index contributed by atoms with van der Waals surface area (Å²) >= 11 is 0. The quantitative estimate of drug-likeness (QED) is 0.721. The smallest absolute Gasteiger partial charge is 0.273 e. The highest BCUT2D eigenvalue weighted by Crippen LogP contribution is 2.22. The molecule has 1 aromatic carbocycles. The summed E-state index contributed by atoms with van der Waals surface area (Å²) < 4.78 is 36.8. The SMILES string of the molecule is O=C(NCc1ncc[nH]1)c1cc(COc2c(F)cccc2F)on1. The van der Waals surface area contributed by atoms with Crippen LogP contribution < -0.4 is 10.1 Å². The Bertz CT molecular complexity index is 813. The van der Waals surface area contributed by atoms with Crippen LogP contribution in [0.2, 0.25) is 0 Å². The number of ether oxygens (including phenoxy) is 1. The number of amides is 1. The second-order valence-electron chi connectivity index (χ2n) is 4.74. The minimum atomic E-state index is -0.828. The predicted molar refractivity (Wildman–Crippen MR) is 77.0 cm³/mol. The van der Waals surface area contributed by atoms with E-state index in [1.165, 1.54) is 12.1 Å². The number of hydrogen-bond donors (Lipinski definition) is 2. The standard InChI is InChI=1S/C15H12F2N4O3/c16-10-2-1-3-11(17)14(10)23-8-9-6-12(21-24-9)15(22)20-7-13-18-4-5-19-13/h1-6H,7-8H2,(H,18,19)(H,20,22). The monoisotopic (exact) mass is 334 g/mol. The van der Waals surface area contributed by atoms with Gasteiger partial charge in [0, 0.05) is 18.5 Å². The molecule has 0 fully saturated rings. The van der Waals surface area contributed by atoms with E-state index in [0.717, 1.165) is 12.1 Å². The van der Waals surface area contributed by atoms with Crippen molar-refractivity contribution in [1.29, 1.82) is 0 Å². The largest absolute Gasteiger partial charge is 0.479 e. The fourth-order valence-electron chi connectivity index (χ4n) is 1.90. The zero-order valence-electron chi connectivity index (χ0n) is 12.3. The molecule has 0 atom stereocenters. The van der Waals surface area contributed by atoms with E-state index in [2.05, 4.69) is 20.4 Å². The Hall–Kier alpha value is -3.23. The number of carbonyl (C=O) groups excluding carboxylic acids is 1. The third kappa shape index (κ3) is 3.57. The lowest BCUT2D eigenvalue weighted by molar-refractivity contribution is 0.0940. The second-order valence-corrected chi connectivity index (χ2v) is 4.74. The van der Waals surface area contributed by atoms with Crippen LogP contribution in [0.4, 0.5) is 8.78 Å². The van der Waals surface area contributed by atoms with E-state index in [9.17, 15) is 13.6 Å². The Kier molecular flexibility index (Phi) is 4.50. The Morgan fingerprint density at radius 3 is 2.83 bits per heavy atom. The minimum Gasteiger partial charge on any atom is -0.479 e. The summed E-state index contributed by atoms with van der Waals surface area (Å²) in [6, 6.07) is 4.71. The zero-order valence-corrected chi connectivity index (χ0v) is 12.3. The first-order chi connectivity index (χ1) is 11.6. The highest BCUT2D eigenvalue weighted by Gasteiger charge is 2.15. The molecule has 0 spiro atoms. The van der Waals surface area contributed by atoms with E-state index in [4.69, 9.17) is 9.26 Å². The number of hydrogen-bond acceptors (Lipinski definition) is 5. The Labute approximate surface area is 134 Å². The fraction of sp³-hybridized carbons (Fsp3) is 0.133. The molecule has 2 N–H and O–H groups in total. The molecule has 0 aliphatic carbocycles. The second kappa shape index (κ2) is 6.90. The first kappa shape index (κ1) is 15.7. The van der Waals surface area contributed by atoms with Crippen LogP contribution in [0.15, 0.2) is 41.2 Å². The van der Waals surface area contributed by atoms with Crippen molar-refractivity contribution >= 4 is 5.91 Å². The molecule has 124 valence electrons. The summed E-state index contributed by atoms with van der Waals surface area (Å²) in [5.74, 6) is -1.90. The van der Waals surface area contributed by atoms with Gasteiger partial charge in [-0.25, -0.2) is 13.8 Å². The van der Waals surface area contributed by atoms with E-state index in [-0.39, 0.29) is 24.6 Å². The molecule has 0 unspecified atom stereocenters. The molecule has 0 bridgehead atoms. The number of carbonyl (C=O) groups is 1. The Balaban J connectivity index is 1.58. The van der Waals surface area contributed by atoms with Crippen LogP contribution >= 0.6 is 0 Å². The van der Waals surface area contributed by atoms with Gasteiger partial charge in [-0.15, -0.1) is 0 Å². The molecule has 0 saturated heterocycles. The summed E-state index contributed by atoms with van der Waals surface area (Å²) in [7, 11) is 0. The number of imidazole rings is 1. The van der Waals surface area contributed by atoms with Gasteiger partial charge < -0.3 is 19.6 Å². The highest BCUT2D eigenvalue weighted by atomic mass is 19.1. The number of H-pyrrole nitrogens is 1. The molecule has 0 aliphatic rings. The van der Waals surface area contributed by atoms with Crippen LogP contribution in [0.1, 0.15) is 22.1 Å². The number of para-hydroxylation sites is 1. The Morgan fingerprint density at radius 2 is 2.12 bits per heavy atom. The highest BCUT2D eigenvalue weighted by molar-refractivity contribution is 5.92. The number of aromatic nitrogens is 3. The summed E-state index contributed by atoms with van der Waals surface area (Å²) in [6.45, 7) is -0.0682. The third-order valence-electron chi connectivity index (χ3n) is 3.04. The molecule has 9 heteroatoms. The van der Waals surface area contributed by atoms with Crippen molar-refractivity contribution < 1.29 is 22.8 Å². The van der Waals surface area contributed by atoms with Gasteiger partial charge >= 0.3 is 0 Å². The molecule has 2 heterocycles. The molecule has 0 radical (unpaired) electrons. The average Bonchev–Trinajstić information content (AvgIpc) is 3.24.